The first-order chi connectivity index (χ1) is 12.9. The summed E-state index contributed by atoms with van der Waals surface area (Å²) in [7, 11) is 3.47. The van der Waals surface area contributed by atoms with Gasteiger partial charge in [-0.3, -0.25) is 14.7 Å². The first kappa shape index (κ1) is 21.5. The summed E-state index contributed by atoms with van der Waals surface area (Å²) in [5, 5.41) is 6.36. The molecule has 1 aromatic carbocycles. The Morgan fingerprint density at radius 2 is 2.00 bits per heavy atom. The summed E-state index contributed by atoms with van der Waals surface area (Å²) in [4.78, 5) is 20.7. The second-order valence-electron chi connectivity index (χ2n) is 6.84. The number of hydrogen-bond donors (Lipinski definition) is 2. The summed E-state index contributed by atoms with van der Waals surface area (Å²) in [6, 6.07) is 6.14. The lowest BCUT2D eigenvalue weighted by molar-refractivity contribution is -0.123. The molecule has 2 N–H and O–H groups in total. The van der Waals surface area contributed by atoms with Crippen LogP contribution < -0.4 is 15.4 Å². The molecule has 150 valence electrons. The number of carbonyl (C=O) groups excluding carboxylic acids is 1. The molecule has 1 fully saturated rings. The van der Waals surface area contributed by atoms with Crippen LogP contribution in [0.15, 0.2) is 27.7 Å². The molecule has 0 radical (unpaired) electrons. The maximum Gasteiger partial charge on any atom is 0.234 e. The largest absolute Gasteiger partial charge is 0.496 e. The minimum absolute atomic E-state index is 0.0858. The Kier molecular flexibility index (Phi) is 8.37. The van der Waals surface area contributed by atoms with Crippen LogP contribution in [-0.4, -0.2) is 74.6 Å². The number of nitrogens with one attached hydrogen (secondary N) is 2. The van der Waals surface area contributed by atoms with Crippen LogP contribution in [0, 0.1) is 0 Å². The van der Waals surface area contributed by atoms with Crippen molar-refractivity contribution in [1.29, 1.82) is 0 Å². The molecule has 1 aliphatic rings. The van der Waals surface area contributed by atoms with Crippen LogP contribution in [0.5, 0.6) is 5.75 Å². The van der Waals surface area contributed by atoms with Gasteiger partial charge in [-0.15, -0.1) is 0 Å². The fourth-order valence-corrected chi connectivity index (χ4v) is 3.49. The molecular weight excluding hydrogens is 410 g/mol. The summed E-state index contributed by atoms with van der Waals surface area (Å²) < 4.78 is 6.45. The normalized spacial score (nSPS) is 15.8. The van der Waals surface area contributed by atoms with E-state index in [9.17, 15) is 4.79 Å². The maximum atomic E-state index is 11.9. The van der Waals surface area contributed by atoms with Gasteiger partial charge in [0, 0.05) is 55.8 Å². The van der Waals surface area contributed by atoms with Crippen molar-refractivity contribution in [2.45, 2.75) is 26.4 Å². The molecule has 0 aromatic heterocycles. The lowest BCUT2D eigenvalue weighted by Crippen LogP contribution is -2.54. The molecular formula is C19H30BrN5O2. The van der Waals surface area contributed by atoms with Crippen LogP contribution in [-0.2, 0) is 11.3 Å². The molecule has 1 amide bonds. The molecule has 8 heteroatoms. The van der Waals surface area contributed by atoms with E-state index in [2.05, 4.69) is 41.4 Å². The molecule has 0 saturated carbocycles. The maximum absolute atomic E-state index is 11.9. The second kappa shape index (κ2) is 10.5. The minimum Gasteiger partial charge on any atom is -0.496 e. The number of methoxy groups -OCH3 is 1. The highest BCUT2D eigenvalue weighted by Crippen LogP contribution is 2.22. The van der Waals surface area contributed by atoms with Gasteiger partial charge in [-0.05, 0) is 32.0 Å². The summed E-state index contributed by atoms with van der Waals surface area (Å²) in [6.07, 6.45) is 0. The SMILES string of the molecule is CN=C(NCc1cc(Br)ccc1OC)N1CCN(CC(=O)NC(C)C)CC1. The molecule has 7 nitrogen and oxygen atoms in total. The number of halogens is 1. The number of rotatable bonds is 6. The average Bonchev–Trinajstić information content (AvgIpc) is 2.63. The Morgan fingerprint density at radius 3 is 2.59 bits per heavy atom. The van der Waals surface area contributed by atoms with E-state index in [0.29, 0.717) is 13.1 Å². The number of piperazine rings is 1. The third-order valence-corrected chi connectivity index (χ3v) is 4.87. The van der Waals surface area contributed by atoms with Gasteiger partial charge in [-0.25, -0.2) is 0 Å². The number of hydrogen-bond acceptors (Lipinski definition) is 4. The van der Waals surface area contributed by atoms with E-state index in [1.165, 1.54) is 0 Å². The Bertz CT molecular complexity index is 658. The van der Waals surface area contributed by atoms with Crippen LogP contribution in [0.4, 0.5) is 0 Å². The van der Waals surface area contributed by atoms with Gasteiger partial charge in [0.2, 0.25) is 5.91 Å². The number of carbonyl (C=O) groups is 1. The van der Waals surface area contributed by atoms with Gasteiger partial charge in [0.05, 0.1) is 13.7 Å². The van der Waals surface area contributed by atoms with Crippen molar-refractivity contribution in [2.24, 2.45) is 4.99 Å². The Hall–Kier alpha value is -1.80. The van der Waals surface area contributed by atoms with Crippen LogP contribution >= 0.6 is 15.9 Å². The third kappa shape index (κ3) is 6.70. The Labute approximate surface area is 170 Å². The van der Waals surface area contributed by atoms with Crippen molar-refractivity contribution >= 4 is 27.8 Å². The zero-order valence-electron chi connectivity index (χ0n) is 16.6. The predicted molar refractivity (Wildman–Crippen MR) is 112 cm³/mol. The van der Waals surface area contributed by atoms with Gasteiger partial charge >= 0.3 is 0 Å². The van der Waals surface area contributed by atoms with Gasteiger partial charge in [0.15, 0.2) is 5.96 Å². The molecule has 2 rings (SSSR count). The van der Waals surface area contributed by atoms with E-state index in [4.69, 9.17) is 4.74 Å². The summed E-state index contributed by atoms with van der Waals surface area (Å²) in [5.74, 6) is 1.80. The van der Waals surface area contributed by atoms with Crippen molar-refractivity contribution in [2.75, 3.05) is 46.9 Å². The van der Waals surface area contributed by atoms with Crippen molar-refractivity contribution in [3.05, 3.63) is 28.2 Å². The number of benzene rings is 1. The molecule has 0 atom stereocenters. The van der Waals surface area contributed by atoms with Crippen molar-refractivity contribution < 1.29 is 9.53 Å². The molecule has 1 heterocycles. The fourth-order valence-electron chi connectivity index (χ4n) is 3.08. The summed E-state index contributed by atoms with van der Waals surface area (Å²) in [5.41, 5.74) is 1.07. The van der Waals surface area contributed by atoms with Crippen LogP contribution in [0.1, 0.15) is 19.4 Å². The minimum atomic E-state index is 0.0858. The van der Waals surface area contributed by atoms with Gasteiger partial charge in [-0.1, -0.05) is 15.9 Å². The monoisotopic (exact) mass is 439 g/mol. The number of aliphatic imine (C=N–C) groups is 1. The number of ether oxygens (including phenoxy) is 1. The van der Waals surface area contributed by atoms with Crippen LogP contribution in [0.25, 0.3) is 0 Å². The van der Waals surface area contributed by atoms with Gasteiger partial charge < -0.3 is 20.3 Å². The van der Waals surface area contributed by atoms with E-state index >= 15 is 0 Å². The highest BCUT2D eigenvalue weighted by molar-refractivity contribution is 9.10. The zero-order valence-corrected chi connectivity index (χ0v) is 18.2. The van der Waals surface area contributed by atoms with E-state index in [1.54, 1.807) is 14.2 Å². The highest BCUT2D eigenvalue weighted by atomic mass is 79.9. The molecule has 1 aromatic rings. The van der Waals surface area contributed by atoms with Crippen molar-refractivity contribution in [1.82, 2.24) is 20.4 Å². The lowest BCUT2D eigenvalue weighted by atomic mass is 10.2. The van der Waals surface area contributed by atoms with E-state index in [1.807, 2.05) is 32.0 Å². The molecule has 0 bridgehead atoms. The summed E-state index contributed by atoms with van der Waals surface area (Å²) >= 11 is 3.50. The third-order valence-electron chi connectivity index (χ3n) is 4.38. The zero-order chi connectivity index (χ0) is 19.8. The van der Waals surface area contributed by atoms with E-state index in [0.717, 1.165) is 47.9 Å². The van der Waals surface area contributed by atoms with Crippen LogP contribution in [0.3, 0.4) is 0 Å². The fraction of sp³-hybridized carbons (Fsp3) is 0.579. The quantitative estimate of drug-likeness (QED) is 0.521. The van der Waals surface area contributed by atoms with E-state index in [-0.39, 0.29) is 11.9 Å². The van der Waals surface area contributed by atoms with Crippen molar-refractivity contribution in [3.63, 3.8) is 0 Å². The Balaban J connectivity index is 1.85. The average molecular weight is 440 g/mol. The Morgan fingerprint density at radius 1 is 1.30 bits per heavy atom. The van der Waals surface area contributed by atoms with Crippen molar-refractivity contribution in [3.8, 4) is 5.75 Å². The molecule has 27 heavy (non-hydrogen) atoms. The van der Waals surface area contributed by atoms with Gasteiger partial charge in [-0.2, -0.15) is 0 Å². The number of nitrogens with zero attached hydrogens (tertiary/aromatic N) is 3. The standard InChI is InChI=1S/C19H30BrN5O2/c1-14(2)23-18(26)13-24-7-9-25(10-8-24)19(21-3)22-12-15-11-16(20)5-6-17(15)27-4/h5-6,11,14H,7-10,12-13H2,1-4H3,(H,21,22)(H,23,26). The van der Waals surface area contributed by atoms with Gasteiger partial charge in [0.25, 0.3) is 0 Å². The first-order valence-electron chi connectivity index (χ1n) is 9.22. The smallest absolute Gasteiger partial charge is 0.234 e. The number of amides is 1. The van der Waals surface area contributed by atoms with Gasteiger partial charge in [0.1, 0.15) is 5.75 Å². The molecule has 1 aliphatic heterocycles. The molecule has 1 saturated heterocycles. The topological polar surface area (TPSA) is 69.2 Å². The molecule has 0 spiro atoms. The molecule has 0 unspecified atom stereocenters. The predicted octanol–water partition coefficient (Wildman–Crippen LogP) is 1.68. The first-order valence-corrected chi connectivity index (χ1v) is 10.0. The van der Waals surface area contributed by atoms with E-state index < -0.39 is 0 Å². The second-order valence-corrected chi connectivity index (χ2v) is 7.76. The lowest BCUT2D eigenvalue weighted by Gasteiger charge is -2.36. The van der Waals surface area contributed by atoms with Crippen LogP contribution in [0.2, 0.25) is 0 Å². The molecule has 0 aliphatic carbocycles. The summed E-state index contributed by atoms with van der Waals surface area (Å²) in [6.45, 7) is 8.39. The highest BCUT2D eigenvalue weighted by Gasteiger charge is 2.21. The number of guanidine groups is 1.